The Labute approximate surface area is 175 Å². The summed E-state index contributed by atoms with van der Waals surface area (Å²) in [5.74, 6) is -1.37. The maximum absolute atomic E-state index is 13.0. The molecule has 0 spiro atoms. The second kappa shape index (κ2) is 13.4. The van der Waals surface area contributed by atoms with Gasteiger partial charge < -0.3 is 20.7 Å². The zero-order valence-corrected chi connectivity index (χ0v) is 17.1. The Morgan fingerprint density at radius 3 is 2.79 bits per heavy atom. The molecule has 1 fully saturated rings. The summed E-state index contributed by atoms with van der Waals surface area (Å²) in [7, 11) is 0. The molecule has 1 aliphatic heterocycles. The molecule has 0 aromatic heterocycles. The van der Waals surface area contributed by atoms with E-state index in [-0.39, 0.29) is 31.2 Å². The first kappa shape index (κ1) is 24.2. The number of carbonyl (C=O) groups is 2. The zero-order valence-electron chi connectivity index (χ0n) is 16.4. The number of nitrogens with one attached hydrogen (secondary N) is 3. The molecule has 1 rings (SSSR count). The van der Waals surface area contributed by atoms with Crippen molar-refractivity contribution in [1.29, 1.82) is 0 Å². The minimum Gasteiger partial charge on any atom is -0.484 e. The highest BCUT2D eigenvalue weighted by Crippen LogP contribution is 2.14. The highest BCUT2D eigenvalue weighted by molar-refractivity contribution is 6.25. The van der Waals surface area contributed by atoms with Crippen molar-refractivity contribution in [2.45, 2.75) is 25.7 Å². The Kier molecular flexibility index (Phi) is 11.2. The van der Waals surface area contributed by atoms with Gasteiger partial charge >= 0.3 is 0 Å². The molecule has 0 aromatic carbocycles. The van der Waals surface area contributed by atoms with Crippen LogP contribution in [-0.2, 0) is 14.3 Å². The first-order chi connectivity index (χ1) is 13.8. The molecule has 0 atom stereocenters. The first-order valence-corrected chi connectivity index (χ1v) is 9.57. The lowest BCUT2D eigenvalue weighted by Crippen LogP contribution is -2.30. The van der Waals surface area contributed by atoms with Crippen LogP contribution in [0.4, 0.5) is 4.39 Å². The lowest BCUT2D eigenvalue weighted by Gasteiger charge is -2.09. The molecule has 0 aromatic rings. The van der Waals surface area contributed by atoms with Crippen molar-refractivity contribution in [3.8, 4) is 0 Å². The maximum Gasteiger partial charge on any atom is 0.257 e. The van der Waals surface area contributed by atoms with E-state index < -0.39 is 11.7 Å². The van der Waals surface area contributed by atoms with Crippen LogP contribution in [0.1, 0.15) is 25.7 Å². The maximum atomic E-state index is 13.0. The largest absolute Gasteiger partial charge is 0.484 e. The topological polar surface area (TPSA) is 79.5 Å². The third-order valence-corrected chi connectivity index (χ3v) is 4.18. The van der Waals surface area contributed by atoms with Crippen LogP contribution in [0.3, 0.4) is 0 Å². The van der Waals surface area contributed by atoms with Crippen LogP contribution in [0.25, 0.3) is 0 Å². The molecule has 29 heavy (non-hydrogen) atoms. The van der Waals surface area contributed by atoms with Gasteiger partial charge in [0.25, 0.3) is 11.8 Å². The fourth-order valence-electron chi connectivity index (χ4n) is 2.33. The number of amides is 2. The van der Waals surface area contributed by atoms with Crippen LogP contribution in [0.5, 0.6) is 0 Å². The molecule has 8 heteroatoms. The molecule has 158 valence electrons. The molecular formula is C21H27ClFN3O3. The second-order valence-corrected chi connectivity index (χ2v) is 6.54. The van der Waals surface area contributed by atoms with E-state index in [4.69, 9.17) is 16.3 Å². The van der Waals surface area contributed by atoms with Crippen LogP contribution in [-0.4, -0.2) is 31.5 Å². The van der Waals surface area contributed by atoms with E-state index in [1.165, 1.54) is 6.08 Å². The number of carbonyl (C=O) groups excluding carboxylic acids is 2. The standard InChI is InChI=1S/C21H27ClFN3O3/c1-4-19(10-18(23)11-22)29-14-20(27)24-9-8-15(2)21(28)26-13-17-7-5-6-16(3)25-12-17/h4,10-11,13,25H,1-3,5-9,12,14H2,(H,24,27)(H,26,28)/b17-13+,18-11-,19-10+. The minimum atomic E-state index is -0.719. The van der Waals surface area contributed by atoms with Gasteiger partial charge in [0.15, 0.2) is 6.61 Å². The van der Waals surface area contributed by atoms with Gasteiger partial charge in [-0.05, 0) is 37.3 Å². The van der Waals surface area contributed by atoms with Gasteiger partial charge in [0.05, 0.1) is 0 Å². The van der Waals surface area contributed by atoms with E-state index in [1.54, 1.807) is 6.20 Å². The highest BCUT2D eigenvalue weighted by Gasteiger charge is 2.10. The lowest BCUT2D eigenvalue weighted by atomic mass is 10.1. The molecule has 0 bridgehead atoms. The summed E-state index contributed by atoms with van der Waals surface area (Å²) >= 11 is 5.22. The molecule has 1 aliphatic rings. The molecule has 3 N–H and O–H groups in total. The van der Waals surface area contributed by atoms with E-state index in [1.807, 2.05) is 0 Å². The smallest absolute Gasteiger partial charge is 0.257 e. The predicted octanol–water partition coefficient (Wildman–Crippen LogP) is 3.47. The SMILES string of the molecule is C=C/C(=C\C(F)=C\Cl)OCC(=O)NCCC(=C)C(=O)N/C=C1\CCCC(=C)NC1. The Balaban J connectivity index is 2.32. The van der Waals surface area contributed by atoms with Crippen LogP contribution < -0.4 is 16.0 Å². The summed E-state index contributed by atoms with van der Waals surface area (Å²) < 4.78 is 18.2. The van der Waals surface area contributed by atoms with Crippen LogP contribution in [0, 0.1) is 0 Å². The van der Waals surface area contributed by atoms with Crippen molar-refractivity contribution < 1.29 is 18.7 Å². The third kappa shape index (κ3) is 10.4. The molecule has 0 aliphatic carbocycles. The summed E-state index contributed by atoms with van der Waals surface area (Å²) in [6, 6.07) is 0. The van der Waals surface area contributed by atoms with E-state index in [9.17, 15) is 14.0 Å². The summed E-state index contributed by atoms with van der Waals surface area (Å²) in [6.07, 6.45) is 7.04. The molecule has 2 amide bonds. The first-order valence-electron chi connectivity index (χ1n) is 9.13. The van der Waals surface area contributed by atoms with Gasteiger partial charge in [0.1, 0.15) is 11.6 Å². The molecule has 1 heterocycles. The Morgan fingerprint density at radius 1 is 1.34 bits per heavy atom. The predicted molar refractivity (Wildman–Crippen MR) is 113 cm³/mol. The van der Waals surface area contributed by atoms with Crippen LogP contribution in [0.15, 0.2) is 72.1 Å². The second-order valence-electron chi connectivity index (χ2n) is 6.32. The summed E-state index contributed by atoms with van der Waals surface area (Å²) in [5.41, 5.74) is 3.17. The van der Waals surface area contributed by atoms with Gasteiger partial charge in [-0.25, -0.2) is 4.39 Å². The van der Waals surface area contributed by atoms with Crippen molar-refractivity contribution in [3.05, 3.63) is 72.1 Å². The van der Waals surface area contributed by atoms with Gasteiger partial charge in [-0.1, -0.05) is 31.3 Å². The Bertz CT molecular complexity index is 741. The quantitative estimate of drug-likeness (QED) is 0.285. The van der Waals surface area contributed by atoms with Crippen molar-refractivity contribution in [3.63, 3.8) is 0 Å². The molecule has 1 saturated heterocycles. The van der Waals surface area contributed by atoms with Crippen LogP contribution in [0.2, 0.25) is 0 Å². The highest BCUT2D eigenvalue weighted by atomic mass is 35.5. The van der Waals surface area contributed by atoms with Crippen molar-refractivity contribution >= 4 is 23.4 Å². The number of allylic oxidation sites excluding steroid dienone is 4. The zero-order chi connectivity index (χ0) is 21.6. The monoisotopic (exact) mass is 423 g/mol. The summed E-state index contributed by atoms with van der Waals surface area (Å²) in [4.78, 5) is 23.9. The molecule has 0 unspecified atom stereocenters. The van der Waals surface area contributed by atoms with E-state index in [2.05, 4.69) is 35.7 Å². The number of rotatable bonds is 10. The summed E-state index contributed by atoms with van der Waals surface area (Å²) in [5, 5.41) is 8.52. The average Bonchev–Trinajstić information content (AvgIpc) is 2.92. The normalized spacial score (nSPS) is 16.5. The van der Waals surface area contributed by atoms with E-state index in [0.29, 0.717) is 12.1 Å². The molecule has 6 nitrogen and oxygen atoms in total. The lowest BCUT2D eigenvalue weighted by molar-refractivity contribution is -0.124. The number of hydrogen-bond donors (Lipinski definition) is 3. The average molecular weight is 424 g/mol. The Hall–Kier alpha value is -2.80. The fraction of sp³-hybridized carbons (Fsp3) is 0.333. The van der Waals surface area contributed by atoms with Gasteiger partial charge in [-0.3, -0.25) is 9.59 Å². The third-order valence-electron chi connectivity index (χ3n) is 3.97. The Morgan fingerprint density at radius 2 is 2.10 bits per heavy atom. The number of halogens is 2. The van der Waals surface area contributed by atoms with Crippen molar-refractivity contribution in [2.24, 2.45) is 0 Å². The summed E-state index contributed by atoms with van der Waals surface area (Å²) in [6.45, 7) is 11.7. The van der Waals surface area contributed by atoms with Gasteiger partial charge in [-0.15, -0.1) is 0 Å². The van der Waals surface area contributed by atoms with E-state index >= 15 is 0 Å². The van der Waals surface area contributed by atoms with Gasteiger partial charge in [0.2, 0.25) is 0 Å². The molecule has 0 saturated carbocycles. The fourth-order valence-corrected chi connectivity index (χ4v) is 2.39. The van der Waals surface area contributed by atoms with Gasteiger partial charge in [-0.2, -0.15) is 0 Å². The van der Waals surface area contributed by atoms with E-state index in [0.717, 1.165) is 42.1 Å². The van der Waals surface area contributed by atoms with Crippen LogP contribution >= 0.6 is 11.6 Å². The molecular weight excluding hydrogens is 397 g/mol. The minimum absolute atomic E-state index is 0.0722. The van der Waals surface area contributed by atoms with Gasteiger partial charge in [0, 0.05) is 42.2 Å². The molecule has 0 radical (unpaired) electrons. The number of ether oxygens (including phenoxy) is 1. The number of hydrogen-bond acceptors (Lipinski definition) is 4. The van der Waals surface area contributed by atoms with Crippen molar-refractivity contribution in [2.75, 3.05) is 19.7 Å². The van der Waals surface area contributed by atoms with Crippen molar-refractivity contribution in [1.82, 2.24) is 16.0 Å².